The predicted octanol–water partition coefficient (Wildman–Crippen LogP) is 4.32. The third-order valence-corrected chi connectivity index (χ3v) is 5.34. The Morgan fingerprint density at radius 2 is 1.77 bits per heavy atom. The number of benzene rings is 2. The molecule has 1 aliphatic heterocycles. The average Bonchev–Trinajstić information content (AvgIpc) is 2.77. The van der Waals surface area contributed by atoms with Crippen molar-refractivity contribution in [1.29, 1.82) is 0 Å². The number of halogens is 1. The Morgan fingerprint density at radius 3 is 2.50 bits per heavy atom. The largest absolute Gasteiger partial charge is 0.492 e. The minimum atomic E-state index is 0.0142. The maximum atomic E-state index is 12.3. The first-order valence-corrected chi connectivity index (χ1v) is 10.7. The number of hydrogen-bond donors (Lipinski definition) is 1. The van der Waals surface area contributed by atoms with E-state index < -0.39 is 0 Å². The van der Waals surface area contributed by atoms with Gasteiger partial charge in [-0.2, -0.15) is 0 Å². The molecule has 0 aliphatic carbocycles. The molecule has 5 nitrogen and oxygen atoms in total. The number of rotatable bonds is 8. The lowest BCUT2D eigenvalue weighted by Crippen LogP contribution is -2.46. The van der Waals surface area contributed by atoms with E-state index in [1.807, 2.05) is 59.5 Å². The van der Waals surface area contributed by atoms with Gasteiger partial charge in [0.25, 0.3) is 0 Å². The zero-order valence-electron chi connectivity index (χ0n) is 16.9. The van der Waals surface area contributed by atoms with E-state index in [1.54, 1.807) is 12.1 Å². The van der Waals surface area contributed by atoms with Crippen molar-refractivity contribution in [3.63, 3.8) is 0 Å². The molecule has 0 atom stereocenters. The smallest absolute Gasteiger partial charge is 0.246 e. The zero-order valence-corrected chi connectivity index (χ0v) is 17.7. The van der Waals surface area contributed by atoms with Crippen LogP contribution in [-0.4, -0.2) is 42.5 Å². The van der Waals surface area contributed by atoms with Crippen LogP contribution in [0.15, 0.2) is 60.7 Å². The summed E-state index contributed by atoms with van der Waals surface area (Å²) < 4.78 is 5.61. The summed E-state index contributed by atoms with van der Waals surface area (Å²) in [5, 5.41) is 3.64. The summed E-state index contributed by atoms with van der Waals surface area (Å²) in [5.41, 5.74) is 1.01. The van der Waals surface area contributed by atoms with Crippen LogP contribution in [0.25, 0.3) is 6.08 Å². The van der Waals surface area contributed by atoms with Gasteiger partial charge in [0.05, 0.1) is 11.6 Å². The van der Waals surface area contributed by atoms with Crippen LogP contribution >= 0.6 is 11.6 Å². The van der Waals surface area contributed by atoms with Crippen LogP contribution in [0, 0.1) is 0 Å². The highest BCUT2D eigenvalue weighted by molar-refractivity contribution is 6.32. The van der Waals surface area contributed by atoms with Gasteiger partial charge in [0, 0.05) is 31.6 Å². The van der Waals surface area contributed by atoms with E-state index >= 15 is 0 Å². The molecular formula is C24H27ClN2O3. The summed E-state index contributed by atoms with van der Waals surface area (Å²) in [7, 11) is 0. The van der Waals surface area contributed by atoms with Crippen LogP contribution in [-0.2, 0) is 9.59 Å². The zero-order chi connectivity index (χ0) is 21.2. The third-order valence-electron chi connectivity index (χ3n) is 5.03. The average molecular weight is 427 g/mol. The number of para-hydroxylation sites is 1. The number of piperidine rings is 1. The molecule has 0 saturated carbocycles. The van der Waals surface area contributed by atoms with E-state index in [0.717, 1.165) is 18.4 Å². The molecule has 0 radical (unpaired) electrons. The topological polar surface area (TPSA) is 58.6 Å². The Kier molecular flexibility index (Phi) is 8.33. The molecule has 0 unspecified atom stereocenters. The van der Waals surface area contributed by atoms with E-state index in [1.165, 1.54) is 0 Å². The molecule has 2 aromatic carbocycles. The summed E-state index contributed by atoms with van der Waals surface area (Å²) in [6, 6.07) is 17.2. The molecule has 0 bridgehead atoms. The van der Waals surface area contributed by atoms with Gasteiger partial charge in [0.15, 0.2) is 0 Å². The summed E-state index contributed by atoms with van der Waals surface area (Å²) in [6.45, 7) is 1.74. The van der Waals surface area contributed by atoms with Crippen molar-refractivity contribution in [2.24, 2.45) is 0 Å². The molecular weight excluding hydrogens is 400 g/mol. The first-order chi connectivity index (χ1) is 14.6. The summed E-state index contributed by atoms with van der Waals surface area (Å²) >= 11 is 6.04. The second-order valence-corrected chi connectivity index (χ2v) is 7.70. The van der Waals surface area contributed by atoms with E-state index in [0.29, 0.717) is 43.3 Å². The van der Waals surface area contributed by atoms with Crippen LogP contribution in [0.2, 0.25) is 5.02 Å². The number of carbonyl (C=O) groups is 2. The maximum absolute atomic E-state index is 12.3. The van der Waals surface area contributed by atoms with Crippen molar-refractivity contribution >= 4 is 29.5 Å². The van der Waals surface area contributed by atoms with Gasteiger partial charge in [0.2, 0.25) is 11.8 Å². The molecule has 2 aromatic rings. The van der Waals surface area contributed by atoms with E-state index in [9.17, 15) is 9.59 Å². The van der Waals surface area contributed by atoms with Crippen molar-refractivity contribution in [1.82, 2.24) is 10.2 Å². The fourth-order valence-corrected chi connectivity index (χ4v) is 3.55. The molecule has 1 saturated heterocycles. The van der Waals surface area contributed by atoms with Crippen molar-refractivity contribution < 1.29 is 14.3 Å². The van der Waals surface area contributed by atoms with Gasteiger partial charge in [-0.15, -0.1) is 0 Å². The second-order valence-electron chi connectivity index (χ2n) is 7.29. The fourth-order valence-electron chi connectivity index (χ4n) is 3.36. The lowest BCUT2D eigenvalue weighted by atomic mass is 10.0. The van der Waals surface area contributed by atoms with E-state index in [4.69, 9.17) is 16.3 Å². The number of nitrogens with zero attached hydrogens (tertiary/aromatic N) is 1. The van der Waals surface area contributed by atoms with E-state index in [2.05, 4.69) is 5.32 Å². The molecule has 158 valence electrons. The maximum Gasteiger partial charge on any atom is 0.246 e. The van der Waals surface area contributed by atoms with Crippen LogP contribution in [0.3, 0.4) is 0 Å². The Labute approximate surface area is 182 Å². The molecule has 1 aliphatic rings. The second kappa shape index (κ2) is 11.4. The van der Waals surface area contributed by atoms with Crippen molar-refractivity contribution in [3.8, 4) is 5.75 Å². The Bertz CT molecular complexity index is 862. The van der Waals surface area contributed by atoms with E-state index in [-0.39, 0.29) is 17.9 Å². The van der Waals surface area contributed by atoms with Crippen LogP contribution in [0.1, 0.15) is 31.2 Å². The fraction of sp³-hybridized carbons (Fsp3) is 0.333. The molecule has 1 fully saturated rings. The number of nitrogens with one attached hydrogen (secondary N) is 1. The molecule has 2 amide bonds. The normalized spacial score (nSPS) is 14.6. The number of ether oxygens (including phenoxy) is 1. The number of likely N-dealkylation sites (tertiary alicyclic amines) is 1. The number of carbonyl (C=O) groups excluding carboxylic acids is 2. The van der Waals surface area contributed by atoms with Crippen molar-refractivity contribution in [2.45, 2.75) is 31.7 Å². The first kappa shape index (κ1) is 21.9. The summed E-state index contributed by atoms with van der Waals surface area (Å²) in [6.07, 6.45) is 6.02. The van der Waals surface area contributed by atoms with Crippen molar-refractivity contribution in [3.05, 3.63) is 71.3 Å². The third kappa shape index (κ3) is 6.92. The number of amides is 2. The first-order valence-electron chi connectivity index (χ1n) is 10.3. The Hall–Kier alpha value is -2.79. The van der Waals surface area contributed by atoms with Crippen molar-refractivity contribution in [2.75, 3.05) is 19.7 Å². The monoisotopic (exact) mass is 426 g/mol. The molecule has 30 heavy (non-hydrogen) atoms. The van der Waals surface area contributed by atoms with Gasteiger partial charge in [-0.05, 0) is 43.0 Å². The minimum Gasteiger partial charge on any atom is -0.492 e. The molecule has 0 aromatic heterocycles. The lowest BCUT2D eigenvalue weighted by molar-refractivity contribution is -0.127. The predicted molar refractivity (Wildman–Crippen MR) is 119 cm³/mol. The number of hydrogen-bond acceptors (Lipinski definition) is 3. The molecule has 3 rings (SSSR count). The highest BCUT2D eigenvalue weighted by Crippen LogP contribution is 2.23. The highest BCUT2D eigenvalue weighted by Gasteiger charge is 2.22. The van der Waals surface area contributed by atoms with Gasteiger partial charge < -0.3 is 15.0 Å². The van der Waals surface area contributed by atoms with Crippen LogP contribution in [0.5, 0.6) is 5.75 Å². The molecule has 6 heteroatoms. The van der Waals surface area contributed by atoms with Crippen LogP contribution < -0.4 is 10.1 Å². The minimum absolute atomic E-state index is 0.0142. The summed E-state index contributed by atoms with van der Waals surface area (Å²) in [5.74, 6) is 0.671. The summed E-state index contributed by atoms with van der Waals surface area (Å²) in [4.78, 5) is 26.4. The highest BCUT2D eigenvalue weighted by atomic mass is 35.5. The molecule has 0 spiro atoms. The van der Waals surface area contributed by atoms with Gasteiger partial charge >= 0.3 is 0 Å². The Balaban J connectivity index is 1.32. The standard InChI is InChI=1S/C24H27ClN2O3/c25-21-9-4-5-10-22(21)30-18-6-11-23(28)26-20-14-16-27(17-15-20)24(29)13-12-19-7-2-1-3-8-19/h1-5,7-10,12-13,20H,6,11,14-18H2,(H,26,28)/b13-12+. The van der Waals surface area contributed by atoms with Gasteiger partial charge in [-0.25, -0.2) is 0 Å². The van der Waals surface area contributed by atoms with Gasteiger partial charge in [-0.3, -0.25) is 9.59 Å². The lowest BCUT2D eigenvalue weighted by Gasteiger charge is -2.31. The molecule has 1 N–H and O–H groups in total. The Morgan fingerprint density at radius 1 is 1.07 bits per heavy atom. The van der Waals surface area contributed by atoms with Crippen LogP contribution in [0.4, 0.5) is 0 Å². The quantitative estimate of drug-likeness (QED) is 0.505. The van der Waals surface area contributed by atoms with Gasteiger partial charge in [0.1, 0.15) is 5.75 Å². The molecule has 1 heterocycles. The SMILES string of the molecule is O=C(CCCOc1ccccc1Cl)NC1CCN(C(=O)/C=C/c2ccccc2)CC1. The van der Waals surface area contributed by atoms with Gasteiger partial charge in [-0.1, -0.05) is 54.1 Å².